The second-order valence-corrected chi connectivity index (χ2v) is 6.85. The Morgan fingerprint density at radius 2 is 1.73 bits per heavy atom. The van der Waals surface area contributed by atoms with E-state index in [2.05, 4.69) is 10.2 Å². The first-order valence-electron chi connectivity index (χ1n) is 7.74. The molecule has 0 fully saturated rings. The largest absolute Gasteiger partial charge is 0.351 e. The highest BCUT2D eigenvalue weighted by atomic mass is 32.2. The monoisotopic (exact) mass is 370 g/mol. The molecule has 1 atom stereocenters. The molecule has 0 saturated carbocycles. The number of carbonyl (C=O) groups is 2. The Morgan fingerprint density at radius 1 is 1.08 bits per heavy atom. The van der Waals surface area contributed by atoms with Gasteiger partial charge in [-0.1, -0.05) is 36.0 Å². The molecule has 8 heteroatoms. The number of aromatic nitrogens is 2. The van der Waals surface area contributed by atoms with Crippen LogP contribution in [0, 0.1) is 5.82 Å². The summed E-state index contributed by atoms with van der Waals surface area (Å²) >= 11 is 1.18. The lowest BCUT2D eigenvalue weighted by Crippen LogP contribution is -2.39. The molecule has 6 nitrogen and oxygen atoms in total. The molecule has 1 aromatic heterocycles. The smallest absolute Gasteiger partial charge is 0.318 e. The maximum atomic E-state index is 13.2. The quantitative estimate of drug-likeness (QED) is 0.688. The number of benzene rings is 2. The highest BCUT2D eigenvalue weighted by Crippen LogP contribution is 2.33. The number of urea groups is 1. The van der Waals surface area contributed by atoms with Crippen molar-refractivity contribution in [3.05, 3.63) is 54.3 Å². The normalized spacial score (nSPS) is 11.9. The number of carbonyl (C=O) groups excluding carboxylic acids is 2. The lowest BCUT2D eigenvalue weighted by molar-refractivity contribution is -0.119. The van der Waals surface area contributed by atoms with Gasteiger partial charge in [0.05, 0.1) is 5.25 Å². The zero-order valence-corrected chi connectivity index (χ0v) is 14.6. The third kappa shape index (κ3) is 3.80. The first-order chi connectivity index (χ1) is 12.5. The van der Waals surface area contributed by atoms with Crippen molar-refractivity contribution in [2.45, 2.75) is 17.2 Å². The van der Waals surface area contributed by atoms with Crippen molar-refractivity contribution in [3.63, 3.8) is 0 Å². The maximum absolute atomic E-state index is 13.2. The second kappa shape index (κ2) is 7.49. The van der Waals surface area contributed by atoms with Crippen LogP contribution < -0.4 is 11.1 Å². The minimum Gasteiger partial charge on any atom is -0.351 e. The number of nitrogens with one attached hydrogen (secondary N) is 1. The first-order valence-corrected chi connectivity index (χ1v) is 8.62. The molecule has 3 rings (SSSR count). The molecule has 2 aromatic carbocycles. The van der Waals surface area contributed by atoms with E-state index in [0.717, 1.165) is 16.3 Å². The number of imide groups is 1. The molecule has 132 valence electrons. The summed E-state index contributed by atoms with van der Waals surface area (Å²) in [5, 5.41) is 12.2. The van der Waals surface area contributed by atoms with Crippen LogP contribution in [0.4, 0.5) is 9.18 Å². The van der Waals surface area contributed by atoms with Crippen LogP contribution in [0.3, 0.4) is 0 Å². The third-order valence-electron chi connectivity index (χ3n) is 3.68. The zero-order valence-electron chi connectivity index (χ0n) is 13.8. The summed E-state index contributed by atoms with van der Waals surface area (Å²) < 4.78 is 13.2. The van der Waals surface area contributed by atoms with E-state index in [4.69, 9.17) is 5.73 Å². The Kier molecular flexibility index (Phi) is 5.13. The summed E-state index contributed by atoms with van der Waals surface area (Å²) in [4.78, 5) is 22.7. The number of thioether (sulfide) groups is 1. The van der Waals surface area contributed by atoms with E-state index in [1.54, 1.807) is 19.1 Å². The van der Waals surface area contributed by atoms with Crippen molar-refractivity contribution < 1.29 is 14.0 Å². The minimum atomic E-state index is -0.898. The predicted molar refractivity (Wildman–Crippen MR) is 98.0 cm³/mol. The SMILES string of the molecule is C[C@@H](Sc1nnc(-c2ccc(F)cc2)c2ccccc12)C(=O)NC(N)=O. The van der Waals surface area contributed by atoms with Gasteiger partial charge in [-0.25, -0.2) is 9.18 Å². The Bertz CT molecular complexity index is 979. The highest BCUT2D eigenvalue weighted by Gasteiger charge is 2.19. The predicted octanol–water partition coefficient (Wildman–Crippen LogP) is 3.11. The van der Waals surface area contributed by atoms with Crippen molar-refractivity contribution in [2.24, 2.45) is 5.73 Å². The average molecular weight is 370 g/mol. The van der Waals surface area contributed by atoms with Crippen molar-refractivity contribution in [3.8, 4) is 11.3 Å². The van der Waals surface area contributed by atoms with E-state index < -0.39 is 17.2 Å². The van der Waals surface area contributed by atoms with E-state index in [0.29, 0.717) is 10.7 Å². The van der Waals surface area contributed by atoms with Gasteiger partial charge in [-0.3, -0.25) is 10.1 Å². The fraction of sp³-hybridized carbons (Fsp3) is 0.111. The number of halogens is 1. The lowest BCUT2D eigenvalue weighted by atomic mass is 10.1. The molecule has 0 saturated heterocycles. The summed E-state index contributed by atoms with van der Waals surface area (Å²) in [6.07, 6.45) is 0. The molecule has 3 N–H and O–H groups in total. The average Bonchev–Trinajstić information content (AvgIpc) is 2.62. The van der Waals surface area contributed by atoms with Gasteiger partial charge in [-0.05, 0) is 31.2 Å². The molecule has 0 unspecified atom stereocenters. The third-order valence-corrected chi connectivity index (χ3v) is 4.77. The van der Waals surface area contributed by atoms with E-state index in [1.165, 1.54) is 23.9 Å². The standard InChI is InChI=1S/C18H15FN4O2S/c1-10(16(24)21-18(20)25)26-17-14-5-3-2-4-13(14)15(22-23-17)11-6-8-12(19)9-7-11/h2-10H,1H3,(H3,20,21,24,25)/t10-/m1/s1. The van der Waals surface area contributed by atoms with Gasteiger partial charge in [0.15, 0.2) is 0 Å². The number of nitrogens with two attached hydrogens (primary N) is 1. The molecule has 0 radical (unpaired) electrons. The summed E-state index contributed by atoms with van der Waals surface area (Å²) in [6.45, 7) is 1.65. The molecule has 0 aliphatic rings. The number of hydrogen-bond donors (Lipinski definition) is 2. The molecule has 0 bridgehead atoms. The van der Waals surface area contributed by atoms with Gasteiger partial charge >= 0.3 is 6.03 Å². The molecule has 0 aliphatic heterocycles. The van der Waals surface area contributed by atoms with Crippen molar-refractivity contribution >= 4 is 34.5 Å². The molecular weight excluding hydrogens is 355 g/mol. The summed E-state index contributed by atoms with van der Waals surface area (Å²) in [6, 6.07) is 12.6. The lowest BCUT2D eigenvalue weighted by Gasteiger charge is -2.12. The minimum absolute atomic E-state index is 0.326. The zero-order chi connectivity index (χ0) is 18.7. The number of primary amides is 1. The van der Waals surface area contributed by atoms with E-state index >= 15 is 0 Å². The molecular formula is C18H15FN4O2S. The number of nitrogens with zero attached hydrogens (tertiary/aromatic N) is 2. The van der Waals surface area contributed by atoms with Crippen LogP contribution in [0.25, 0.3) is 22.0 Å². The van der Waals surface area contributed by atoms with Gasteiger partial charge in [0, 0.05) is 16.3 Å². The van der Waals surface area contributed by atoms with Gasteiger partial charge in [-0.15, -0.1) is 10.2 Å². The molecule has 1 heterocycles. The van der Waals surface area contributed by atoms with Gasteiger partial charge in [0.25, 0.3) is 0 Å². The van der Waals surface area contributed by atoms with Crippen molar-refractivity contribution in [1.82, 2.24) is 15.5 Å². The molecule has 0 spiro atoms. The van der Waals surface area contributed by atoms with E-state index in [9.17, 15) is 14.0 Å². The van der Waals surface area contributed by atoms with Crippen LogP contribution in [0.1, 0.15) is 6.92 Å². The molecule has 0 aliphatic carbocycles. The van der Waals surface area contributed by atoms with Crippen LogP contribution in [-0.2, 0) is 4.79 Å². The highest BCUT2D eigenvalue weighted by molar-refractivity contribution is 8.00. The van der Waals surface area contributed by atoms with Crippen LogP contribution in [0.15, 0.2) is 53.6 Å². The molecule has 3 amide bonds. The summed E-state index contributed by atoms with van der Waals surface area (Å²) in [5.74, 6) is -0.830. The summed E-state index contributed by atoms with van der Waals surface area (Å²) in [7, 11) is 0. The van der Waals surface area contributed by atoms with Crippen LogP contribution in [0.2, 0.25) is 0 Å². The first kappa shape index (κ1) is 17.8. The van der Waals surface area contributed by atoms with Gasteiger partial charge in [0.1, 0.15) is 16.5 Å². The molecule has 3 aromatic rings. The Balaban J connectivity index is 1.99. The van der Waals surface area contributed by atoms with Crippen LogP contribution in [0.5, 0.6) is 0 Å². The van der Waals surface area contributed by atoms with Crippen LogP contribution in [-0.4, -0.2) is 27.4 Å². The molecule has 26 heavy (non-hydrogen) atoms. The van der Waals surface area contributed by atoms with E-state index in [-0.39, 0.29) is 5.82 Å². The van der Waals surface area contributed by atoms with Gasteiger partial charge in [0.2, 0.25) is 5.91 Å². The number of fused-ring (bicyclic) bond motifs is 1. The summed E-state index contributed by atoms with van der Waals surface area (Å²) in [5.41, 5.74) is 6.34. The fourth-order valence-electron chi connectivity index (χ4n) is 2.43. The second-order valence-electron chi connectivity index (χ2n) is 5.52. The fourth-order valence-corrected chi connectivity index (χ4v) is 3.33. The van der Waals surface area contributed by atoms with Gasteiger partial charge in [-0.2, -0.15) is 0 Å². The maximum Gasteiger partial charge on any atom is 0.318 e. The topological polar surface area (TPSA) is 98.0 Å². The van der Waals surface area contributed by atoms with Crippen molar-refractivity contribution in [1.29, 1.82) is 0 Å². The number of rotatable bonds is 4. The number of hydrogen-bond acceptors (Lipinski definition) is 5. The Hall–Kier alpha value is -3.00. The Labute approximate surface area is 153 Å². The number of amides is 3. The van der Waals surface area contributed by atoms with Crippen molar-refractivity contribution in [2.75, 3.05) is 0 Å². The van der Waals surface area contributed by atoms with E-state index in [1.807, 2.05) is 29.6 Å². The Morgan fingerprint density at radius 3 is 2.38 bits per heavy atom. The van der Waals surface area contributed by atoms with Crippen LogP contribution >= 0.6 is 11.8 Å². The van der Waals surface area contributed by atoms with Gasteiger partial charge < -0.3 is 5.73 Å².